The monoisotopic (exact) mass is 310 g/mol. The lowest BCUT2D eigenvalue weighted by Crippen LogP contribution is -2.03. The molecule has 1 heterocycles. The lowest BCUT2D eigenvalue weighted by atomic mass is 9.99. The van der Waals surface area contributed by atoms with E-state index in [2.05, 4.69) is 41.9 Å². The lowest BCUT2D eigenvalue weighted by Gasteiger charge is -2.13. The third-order valence-corrected chi connectivity index (χ3v) is 4.80. The Balaban J connectivity index is 2.20. The van der Waals surface area contributed by atoms with Crippen molar-refractivity contribution in [1.29, 1.82) is 0 Å². The fourth-order valence-corrected chi connectivity index (χ4v) is 3.51. The van der Waals surface area contributed by atoms with Crippen molar-refractivity contribution >= 4 is 27.3 Å². The van der Waals surface area contributed by atoms with Crippen LogP contribution in [0.2, 0.25) is 0 Å². The van der Waals surface area contributed by atoms with Crippen LogP contribution in [0.1, 0.15) is 27.7 Å². The first-order valence-corrected chi connectivity index (χ1v) is 7.22. The molecule has 2 rings (SSSR count). The van der Waals surface area contributed by atoms with E-state index in [0.29, 0.717) is 6.42 Å². The Labute approximate surface area is 114 Å². The smallest absolute Gasteiger partial charge is 0.0841 e. The average Bonchev–Trinajstić information content (AvgIpc) is 2.64. The Morgan fingerprint density at radius 2 is 2.06 bits per heavy atom. The molecule has 17 heavy (non-hydrogen) atoms. The molecular weight excluding hydrogens is 296 g/mol. The van der Waals surface area contributed by atoms with Crippen molar-refractivity contribution in [3.8, 4) is 0 Å². The van der Waals surface area contributed by atoms with E-state index in [-0.39, 0.29) is 0 Å². The first-order chi connectivity index (χ1) is 8.08. The summed E-state index contributed by atoms with van der Waals surface area (Å²) in [5.41, 5.74) is 3.41. The predicted octanol–water partition coefficient (Wildman–Crippen LogP) is 4.40. The SMILES string of the molecule is Cc1ccc(C(O)Cc2sccc2Br)c(C)c1. The number of hydrogen-bond acceptors (Lipinski definition) is 2. The largest absolute Gasteiger partial charge is 0.388 e. The summed E-state index contributed by atoms with van der Waals surface area (Å²) in [6, 6.07) is 8.21. The number of aryl methyl sites for hydroxylation is 2. The van der Waals surface area contributed by atoms with Crippen LogP contribution in [0.4, 0.5) is 0 Å². The van der Waals surface area contributed by atoms with Gasteiger partial charge in [-0.3, -0.25) is 0 Å². The number of halogens is 1. The van der Waals surface area contributed by atoms with Gasteiger partial charge in [0.1, 0.15) is 0 Å². The Bertz CT molecular complexity index is 519. The van der Waals surface area contributed by atoms with Crippen molar-refractivity contribution < 1.29 is 5.11 Å². The number of aliphatic hydroxyl groups is 1. The van der Waals surface area contributed by atoms with Gasteiger partial charge in [0.05, 0.1) is 6.10 Å². The van der Waals surface area contributed by atoms with Crippen molar-refractivity contribution in [2.45, 2.75) is 26.4 Å². The fourth-order valence-electron chi connectivity index (χ4n) is 1.96. The third kappa shape index (κ3) is 2.97. The molecule has 1 unspecified atom stereocenters. The van der Waals surface area contributed by atoms with Crippen LogP contribution in [0.25, 0.3) is 0 Å². The van der Waals surface area contributed by atoms with E-state index in [1.54, 1.807) is 11.3 Å². The molecule has 1 N–H and O–H groups in total. The summed E-state index contributed by atoms with van der Waals surface area (Å²) in [6.07, 6.45) is 0.243. The van der Waals surface area contributed by atoms with Crippen molar-refractivity contribution in [2.75, 3.05) is 0 Å². The van der Waals surface area contributed by atoms with Gasteiger partial charge in [0, 0.05) is 15.8 Å². The Morgan fingerprint density at radius 1 is 1.29 bits per heavy atom. The van der Waals surface area contributed by atoms with Crippen molar-refractivity contribution in [3.05, 3.63) is 55.7 Å². The van der Waals surface area contributed by atoms with Crippen LogP contribution in [0, 0.1) is 13.8 Å². The average molecular weight is 311 g/mol. The zero-order valence-corrected chi connectivity index (χ0v) is 12.3. The van der Waals surface area contributed by atoms with Crippen LogP contribution >= 0.6 is 27.3 Å². The van der Waals surface area contributed by atoms with E-state index in [1.165, 1.54) is 10.4 Å². The number of hydrogen-bond donors (Lipinski definition) is 1. The highest BCUT2D eigenvalue weighted by Gasteiger charge is 2.13. The first kappa shape index (κ1) is 12.8. The maximum absolute atomic E-state index is 10.3. The molecule has 1 aromatic heterocycles. The van der Waals surface area contributed by atoms with Gasteiger partial charge < -0.3 is 5.11 Å². The third-order valence-electron chi connectivity index (χ3n) is 2.85. The molecule has 0 saturated carbocycles. The highest BCUT2D eigenvalue weighted by Crippen LogP contribution is 2.29. The second-order valence-electron chi connectivity index (χ2n) is 4.27. The topological polar surface area (TPSA) is 20.2 Å². The molecule has 0 spiro atoms. The van der Waals surface area contributed by atoms with Gasteiger partial charge in [-0.05, 0) is 52.4 Å². The Hall–Kier alpha value is -0.640. The molecular formula is C14H15BrOS. The van der Waals surface area contributed by atoms with Crippen molar-refractivity contribution in [2.24, 2.45) is 0 Å². The first-order valence-electron chi connectivity index (χ1n) is 5.55. The molecule has 90 valence electrons. The standard InChI is InChI=1S/C14H15BrOS/c1-9-3-4-11(10(2)7-9)13(16)8-14-12(15)5-6-17-14/h3-7,13,16H,8H2,1-2H3. The Kier molecular flexibility index (Phi) is 4.02. The molecule has 0 radical (unpaired) electrons. The van der Waals surface area contributed by atoms with Gasteiger partial charge in [-0.1, -0.05) is 23.8 Å². The van der Waals surface area contributed by atoms with Gasteiger partial charge in [-0.2, -0.15) is 0 Å². The van der Waals surface area contributed by atoms with Crippen molar-refractivity contribution in [3.63, 3.8) is 0 Å². The van der Waals surface area contributed by atoms with E-state index in [4.69, 9.17) is 0 Å². The second kappa shape index (κ2) is 5.34. The summed E-state index contributed by atoms with van der Waals surface area (Å²) in [5, 5.41) is 12.3. The number of benzene rings is 1. The van der Waals surface area contributed by atoms with Gasteiger partial charge in [0.2, 0.25) is 0 Å². The van der Waals surface area contributed by atoms with Crippen LogP contribution in [-0.4, -0.2) is 5.11 Å². The van der Waals surface area contributed by atoms with Gasteiger partial charge in [0.15, 0.2) is 0 Å². The van der Waals surface area contributed by atoms with Crippen LogP contribution in [0.5, 0.6) is 0 Å². The normalized spacial score (nSPS) is 12.7. The summed E-state index contributed by atoms with van der Waals surface area (Å²) in [6.45, 7) is 4.12. The molecule has 0 aliphatic heterocycles. The van der Waals surface area contributed by atoms with Gasteiger partial charge >= 0.3 is 0 Å². The van der Waals surface area contributed by atoms with E-state index in [0.717, 1.165) is 15.6 Å². The summed E-state index contributed by atoms with van der Waals surface area (Å²) in [5.74, 6) is 0. The highest BCUT2D eigenvalue weighted by atomic mass is 79.9. The molecule has 1 aromatic carbocycles. The van der Waals surface area contributed by atoms with E-state index >= 15 is 0 Å². The molecule has 0 aliphatic rings. The van der Waals surface area contributed by atoms with Crippen LogP contribution < -0.4 is 0 Å². The lowest BCUT2D eigenvalue weighted by molar-refractivity contribution is 0.178. The molecule has 1 atom stereocenters. The molecule has 0 fully saturated rings. The summed E-state index contributed by atoms with van der Waals surface area (Å²) in [4.78, 5) is 1.19. The van der Waals surface area contributed by atoms with Crippen LogP contribution in [0.15, 0.2) is 34.1 Å². The summed E-state index contributed by atoms with van der Waals surface area (Å²) < 4.78 is 1.09. The van der Waals surface area contributed by atoms with E-state index in [1.807, 2.05) is 17.5 Å². The number of thiophene rings is 1. The molecule has 3 heteroatoms. The minimum absolute atomic E-state index is 0.425. The van der Waals surface area contributed by atoms with Gasteiger partial charge in [-0.25, -0.2) is 0 Å². The number of aliphatic hydroxyl groups excluding tert-OH is 1. The molecule has 0 bridgehead atoms. The molecule has 0 aliphatic carbocycles. The summed E-state index contributed by atoms with van der Waals surface area (Å²) >= 11 is 5.17. The minimum atomic E-state index is -0.425. The summed E-state index contributed by atoms with van der Waals surface area (Å²) in [7, 11) is 0. The maximum atomic E-state index is 10.3. The Morgan fingerprint density at radius 3 is 2.65 bits per heavy atom. The fraction of sp³-hybridized carbons (Fsp3) is 0.286. The zero-order valence-electron chi connectivity index (χ0n) is 9.90. The molecule has 0 amide bonds. The minimum Gasteiger partial charge on any atom is -0.388 e. The quantitative estimate of drug-likeness (QED) is 0.890. The second-order valence-corrected chi connectivity index (χ2v) is 6.13. The van der Waals surface area contributed by atoms with Crippen LogP contribution in [-0.2, 0) is 6.42 Å². The molecule has 1 nitrogen and oxygen atoms in total. The van der Waals surface area contributed by atoms with E-state index in [9.17, 15) is 5.11 Å². The van der Waals surface area contributed by atoms with E-state index < -0.39 is 6.10 Å². The van der Waals surface area contributed by atoms with Crippen molar-refractivity contribution in [1.82, 2.24) is 0 Å². The highest BCUT2D eigenvalue weighted by molar-refractivity contribution is 9.10. The van der Waals surface area contributed by atoms with Gasteiger partial charge in [0.25, 0.3) is 0 Å². The number of rotatable bonds is 3. The predicted molar refractivity (Wildman–Crippen MR) is 76.6 cm³/mol. The molecule has 0 saturated heterocycles. The maximum Gasteiger partial charge on any atom is 0.0841 e. The zero-order chi connectivity index (χ0) is 12.4. The van der Waals surface area contributed by atoms with Crippen LogP contribution in [0.3, 0.4) is 0 Å². The van der Waals surface area contributed by atoms with Gasteiger partial charge in [-0.15, -0.1) is 11.3 Å². The molecule has 2 aromatic rings.